The minimum absolute atomic E-state index is 0.214. The highest BCUT2D eigenvalue weighted by Gasteiger charge is 2.20. The molecule has 0 saturated carbocycles. The molecule has 0 N–H and O–H groups in total. The zero-order valence-electron chi connectivity index (χ0n) is 16.7. The predicted molar refractivity (Wildman–Crippen MR) is 111 cm³/mol. The number of nitrogens with zero attached hydrogens (tertiary/aromatic N) is 2. The van der Waals surface area contributed by atoms with Crippen molar-refractivity contribution in [3.05, 3.63) is 75.7 Å². The number of allylic oxidation sites excluding steroid dienone is 1. The van der Waals surface area contributed by atoms with Crippen molar-refractivity contribution in [2.75, 3.05) is 13.7 Å². The highest BCUT2D eigenvalue weighted by atomic mass is 16.5. The van der Waals surface area contributed by atoms with Gasteiger partial charge in [0.05, 0.1) is 7.11 Å². The summed E-state index contributed by atoms with van der Waals surface area (Å²) < 4.78 is 6.66. The molecule has 3 rings (SSSR count). The molecule has 0 radical (unpaired) electrons. The van der Waals surface area contributed by atoms with Gasteiger partial charge in [0, 0.05) is 26.3 Å². The standard InChI is InChI=1S/C23H28N2O3/c1-24-15-6-9-21(22(24)26)23(27)25(16-14-18-7-4-3-5-8-18)17-19-10-12-20(28-2)13-11-19/h6-7,9-13,15H,3-5,8,14,16-17H2,1-2H3. The Hall–Kier alpha value is -2.82. The number of rotatable bonds is 7. The second kappa shape index (κ2) is 9.40. The second-order valence-corrected chi connectivity index (χ2v) is 7.27. The first-order valence-electron chi connectivity index (χ1n) is 9.84. The van der Waals surface area contributed by atoms with Crippen LogP contribution in [0.3, 0.4) is 0 Å². The molecule has 28 heavy (non-hydrogen) atoms. The highest BCUT2D eigenvalue weighted by molar-refractivity contribution is 5.93. The molecule has 0 saturated heterocycles. The van der Waals surface area contributed by atoms with E-state index in [9.17, 15) is 9.59 Å². The van der Waals surface area contributed by atoms with Gasteiger partial charge in [0.15, 0.2) is 0 Å². The Morgan fingerprint density at radius 1 is 1.18 bits per heavy atom. The molecule has 1 aliphatic rings. The van der Waals surface area contributed by atoms with Gasteiger partial charge in [-0.15, -0.1) is 0 Å². The first kappa shape index (κ1) is 19.9. The number of pyridine rings is 1. The van der Waals surface area contributed by atoms with Crippen LogP contribution in [0.15, 0.2) is 59.0 Å². The van der Waals surface area contributed by atoms with E-state index in [4.69, 9.17) is 4.74 Å². The lowest BCUT2D eigenvalue weighted by molar-refractivity contribution is 0.0742. The lowest BCUT2D eigenvalue weighted by Crippen LogP contribution is -2.36. The predicted octanol–water partition coefficient (Wildman–Crippen LogP) is 3.93. The minimum atomic E-state index is -0.260. The van der Waals surface area contributed by atoms with Crippen LogP contribution >= 0.6 is 0 Å². The van der Waals surface area contributed by atoms with Gasteiger partial charge in [-0.05, 0) is 61.9 Å². The fourth-order valence-corrected chi connectivity index (χ4v) is 3.54. The lowest BCUT2D eigenvalue weighted by Gasteiger charge is -2.24. The smallest absolute Gasteiger partial charge is 0.263 e. The molecule has 0 atom stereocenters. The van der Waals surface area contributed by atoms with E-state index in [0.717, 1.165) is 30.6 Å². The van der Waals surface area contributed by atoms with Gasteiger partial charge in [-0.25, -0.2) is 0 Å². The SMILES string of the molecule is COc1ccc(CN(CCC2=CCCCC2)C(=O)c2cccn(C)c2=O)cc1. The van der Waals surface area contributed by atoms with Crippen molar-refractivity contribution in [3.63, 3.8) is 0 Å². The van der Waals surface area contributed by atoms with Gasteiger partial charge < -0.3 is 14.2 Å². The summed E-state index contributed by atoms with van der Waals surface area (Å²) >= 11 is 0. The molecule has 2 aromatic rings. The number of aromatic nitrogens is 1. The molecule has 1 aromatic carbocycles. The van der Waals surface area contributed by atoms with E-state index in [1.165, 1.54) is 23.0 Å². The van der Waals surface area contributed by atoms with E-state index in [0.29, 0.717) is 13.1 Å². The average Bonchev–Trinajstić information content (AvgIpc) is 2.74. The Kier molecular flexibility index (Phi) is 6.69. The van der Waals surface area contributed by atoms with Crippen molar-refractivity contribution in [2.45, 2.75) is 38.6 Å². The van der Waals surface area contributed by atoms with E-state index in [-0.39, 0.29) is 17.0 Å². The summed E-state index contributed by atoms with van der Waals surface area (Å²) in [6, 6.07) is 11.1. The second-order valence-electron chi connectivity index (χ2n) is 7.27. The summed E-state index contributed by atoms with van der Waals surface area (Å²) in [5.41, 5.74) is 2.39. The van der Waals surface area contributed by atoms with E-state index < -0.39 is 0 Å². The van der Waals surface area contributed by atoms with Crippen LogP contribution in [0.4, 0.5) is 0 Å². The summed E-state index contributed by atoms with van der Waals surface area (Å²) in [4.78, 5) is 27.4. The van der Waals surface area contributed by atoms with Crippen LogP contribution in [-0.2, 0) is 13.6 Å². The van der Waals surface area contributed by atoms with E-state index in [1.807, 2.05) is 24.3 Å². The Bertz CT molecular complexity index is 897. The number of methoxy groups -OCH3 is 1. The maximum atomic E-state index is 13.2. The molecule has 1 amide bonds. The van der Waals surface area contributed by atoms with Crippen LogP contribution in [0.2, 0.25) is 0 Å². The molecular weight excluding hydrogens is 352 g/mol. The third kappa shape index (κ3) is 4.91. The molecule has 1 heterocycles. The lowest BCUT2D eigenvalue weighted by atomic mass is 9.97. The maximum absolute atomic E-state index is 13.2. The zero-order valence-corrected chi connectivity index (χ0v) is 16.7. The molecule has 148 valence electrons. The third-order valence-corrected chi connectivity index (χ3v) is 5.26. The van der Waals surface area contributed by atoms with Crippen LogP contribution in [0, 0.1) is 0 Å². The monoisotopic (exact) mass is 380 g/mol. The van der Waals surface area contributed by atoms with E-state index >= 15 is 0 Å². The number of benzene rings is 1. The van der Waals surface area contributed by atoms with Crippen LogP contribution in [0.25, 0.3) is 0 Å². The summed E-state index contributed by atoms with van der Waals surface area (Å²) in [6.45, 7) is 1.07. The first-order valence-corrected chi connectivity index (χ1v) is 9.84. The van der Waals surface area contributed by atoms with Gasteiger partial charge in [-0.1, -0.05) is 23.8 Å². The maximum Gasteiger partial charge on any atom is 0.263 e. The normalized spacial score (nSPS) is 13.7. The van der Waals surface area contributed by atoms with Crippen molar-refractivity contribution in [1.29, 1.82) is 0 Å². The number of ether oxygens (including phenoxy) is 1. The highest BCUT2D eigenvalue weighted by Crippen LogP contribution is 2.21. The Balaban J connectivity index is 1.81. The largest absolute Gasteiger partial charge is 0.497 e. The van der Waals surface area contributed by atoms with Crippen molar-refractivity contribution in [1.82, 2.24) is 9.47 Å². The quantitative estimate of drug-likeness (QED) is 0.684. The van der Waals surface area contributed by atoms with Crippen LogP contribution in [-0.4, -0.2) is 29.0 Å². The fraction of sp³-hybridized carbons (Fsp3) is 0.391. The Morgan fingerprint density at radius 3 is 2.64 bits per heavy atom. The van der Waals surface area contributed by atoms with Gasteiger partial charge in [-0.2, -0.15) is 0 Å². The number of hydrogen-bond donors (Lipinski definition) is 0. The summed E-state index contributed by atoms with van der Waals surface area (Å²) in [5, 5.41) is 0. The number of aryl methyl sites for hydroxylation is 1. The Labute approximate surface area is 166 Å². The molecule has 5 heteroatoms. The number of hydrogen-bond acceptors (Lipinski definition) is 3. The average molecular weight is 380 g/mol. The molecule has 1 aliphatic carbocycles. The number of carbonyl (C=O) groups excluding carboxylic acids is 1. The van der Waals surface area contributed by atoms with Crippen molar-refractivity contribution < 1.29 is 9.53 Å². The topological polar surface area (TPSA) is 51.5 Å². The van der Waals surface area contributed by atoms with Gasteiger partial charge in [-0.3, -0.25) is 9.59 Å². The third-order valence-electron chi connectivity index (χ3n) is 5.26. The summed E-state index contributed by atoms with van der Waals surface area (Å²) in [6.07, 6.45) is 9.53. The zero-order chi connectivity index (χ0) is 19.9. The van der Waals surface area contributed by atoms with Crippen LogP contribution in [0.1, 0.15) is 48.0 Å². The molecule has 0 fully saturated rings. The van der Waals surface area contributed by atoms with Crippen molar-refractivity contribution in [2.24, 2.45) is 7.05 Å². The van der Waals surface area contributed by atoms with Gasteiger partial charge in [0.2, 0.25) is 0 Å². The van der Waals surface area contributed by atoms with Gasteiger partial charge in [0.25, 0.3) is 11.5 Å². The molecule has 0 unspecified atom stereocenters. The Morgan fingerprint density at radius 2 is 1.96 bits per heavy atom. The van der Waals surface area contributed by atoms with E-state index in [2.05, 4.69) is 6.08 Å². The molecular formula is C23H28N2O3. The molecule has 0 spiro atoms. The minimum Gasteiger partial charge on any atom is -0.497 e. The molecule has 1 aromatic heterocycles. The van der Waals surface area contributed by atoms with Crippen molar-refractivity contribution >= 4 is 5.91 Å². The summed E-state index contributed by atoms with van der Waals surface area (Å²) in [5.74, 6) is 0.569. The van der Waals surface area contributed by atoms with E-state index in [1.54, 1.807) is 37.4 Å². The molecule has 5 nitrogen and oxygen atoms in total. The molecule has 0 aliphatic heterocycles. The van der Waals surface area contributed by atoms with Crippen LogP contribution in [0.5, 0.6) is 5.75 Å². The van der Waals surface area contributed by atoms with Crippen molar-refractivity contribution in [3.8, 4) is 5.75 Å². The number of amides is 1. The molecule has 0 bridgehead atoms. The first-order chi connectivity index (χ1) is 13.6. The van der Waals surface area contributed by atoms with Gasteiger partial charge >= 0.3 is 0 Å². The van der Waals surface area contributed by atoms with Gasteiger partial charge in [0.1, 0.15) is 11.3 Å². The number of carbonyl (C=O) groups is 1. The van der Waals surface area contributed by atoms with Crippen LogP contribution < -0.4 is 10.3 Å². The fourth-order valence-electron chi connectivity index (χ4n) is 3.54. The summed E-state index contributed by atoms with van der Waals surface area (Å²) in [7, 11) is 3.30.